The number of thioether (sulfide) groups is 1. The summed E-state index contributed by atoms with van der Waals surface area (Å²) in [6, 6.07) is 4.19. The molecule has 0 aliphatic heterocycles. The lowest BCUT2D eigenvalue weighted by molar-refractivity contribution is -0.115. The van der Waals surface area contributed by atoms with Crippen LogP contribution in [0.3, 0.4) is 0 Å². The topological polar surface area (TPSA) is 59.8 Å². The fourth-order valence-electron chi connectivity index (χ4n) is 3.14. The summed E-state index contributed by atoms with van der Waals surface area (Å²) in [6.07, 6.45) is 2.40. The van der Waals surface area contributed by atoms with E-state index >= 15 is 0 Å². The van der Waals surface area contributed by atoms with Crippen molar-refractivity contribution in [2.75, 3.05) is 5.32 Å². The van der Waals surface area contributed by atoms with Gasteiger partial charge in [-0.05, 0) is 58.6 Å². The van der Waals surface area contributed by atoms with Crippen LogP contribution < -0.4 is 5.32 Å². The summed E-state index contributed by atoms with van der Waals surface area (Å²) in [5.74, 6) is 1.63. The molecule has 2 aromatic rings. The average molecular weight is 359 g/mol. The molecule has 0 saturated heterocycles. The average Bonchev–Trinajstić information content (AvgIpc) is 3.32. The predicted molar refractivity (Wildman–Crippen MR) is 102 cm³/mol. The van der Waals surface area contributed by atoms with Gasteiger partial charge in [-0.2, -0.15) is 0 Å². The van der Waals surface area contributed by atoms with Crippen molar-refractivity contribution >= 4 is 23.4 Å². The number of benzene rings is 1. The van der Waals surface area contributed by atoms with Crippen LogP contribution in [0.2, 0.25) is 0 Å². The Morgan fingerprint density at radius 1 is 1.28 bits per heavy atom. The van der Waals surface area contributed by atoms with Crippen molar-refractivity contribution in [3.05, 3.63) is 34.6 Å². The molecule has 1 atom stereocenters. The number of aromatic nitrogens is 3. The highest BCUT2D eigenvalue weighted by molar-refractivity contribution is 8.00. The maximum absolute atomic E-state index is 12.7. The van der Waals surface area contributed by atoms with E-state index in [1.165, 1.54) is 30.2 Å². The highest BCUT2D eigenvalue weighted by Crippen LogP contribution is 2.40. The van der Waals surface area contributed by atoms with Gasteiger partial charge >= 0.3 is 0 Å². The molecular formula is C19H26N4OS. The number of aryl methyl sites for hydroxylation is 3. The molecule has 1 aliphatic carbocycles. The third-order valence-corrected chi connectivity index (χ3v) is 5.66. The van der Waals surface area contributed by atoms with Gasteiger partial charge in [0, 0.05) is 18.2 Å². The summed E-state index contributed by atoms with van der Waals surface area (Å²) in [5, 5.41) is 12.4. The van der Waals surface area contributed by atoms with Crippen molar-refractivity contribution in [1.82, 2.24) is 14.8 Å². The van der Waals surface area contributed by atoms with E-state index in [2.05, 4.69) is 46.1 Å². The van der Waals surface area contributed by atoms with Crippen molar-refractivity contribution in [2.24, 2.45) is 0 Å². The fraction of sp³-hybridized carbons (Fsp3) is 0.526. The minimum absolute atomic E-state index is 0.00122. The zero-order valence-corrected chi connectivity index (χ0v) is 16.4. The number of carbonyl (C=O) groups is 1. The summed E-state index contributed by atoms with van der Waals surface area (Å²) >= 11 is 1.48. The first-order chi connectivity index (χ1) is 11.9. The molecule has 1 amide bonds. The number of nitrogens with one attached hydrogen (secondary N) is 1. The van der Waals surface area contributed by atoms with Gasteiger partial charge < -0.3 is 9.88 Å². The SMILES string of the molecule is CCn1c(S[C@H](C)C(=O)Nc2c(C)cc(C)cc2C)nnc1C1CC1. The van der Waals surface area contributed by atoms with E-state index in [0.717, 1.165) is 34.3 Å². The van der Waals surface area contributed by atoms with Gasteiger partial charge in [-0.15, -0.1) is 10.2 Å². The van der Waals surface area contributed by atoms with Crippen LogP contribution >= 0.6 is 11.8 Å². The van der Waals surface area contributed by atoms with Gasteiger partial charge in [0.1, 0.15) is 5.82 Å². The Morgan fingerprint density at radius 3 is 2.48 bits per heavy atom. The summed E-state index contributed by atoms with van der Waals surface area (Å²) in [6.45, 7) is 11.0. The highest BCUT2D eigenvalue weighted by atomic mass is 32.2. The van der Waals surface area contributed by atoms with Crippen LogP contribution in [0.15, 0.2) is 17.3 Å². The summed E-state index contributed by atoms with van der Waals surface area (Å²) < 4.78 is 2.15. The molecular weight excluding hydrogens is 332 g/mol. The van der Waals surface area contributed by atoms with Crippen LogP contribution in [0, 0.1) is 20.8 Å². The lowest BCUT2D eigenvalue weighted by Crippen LogP contribution is -2.24. The number of anilines is 1. The second kappa shape index (κ2) is 7.20. The Labute approximate surface area is 153 Å². The Hall–Kier alpha value is -1.82. The van der Waals surface area contributed by atoms with Gasteiger partial charge in [0.15, 0.2) is 5.16 Å². The van der Waals surface area contributed by atoms with Crippen LogP contribution in [0.1, 0.15) is 55.1 Å². The minimum atomic E-state index is -0.235. The maximum Gasteiger partial charge on any atom is 0.237 e. The van der Waals surface area contributed by atoms with E-state index in [-0.39, 0.29) is 11.2 Å². The Kier molecular flexibility index (Phi) is 5.18. The first kappa shape index (κ1) is 18.0. The molecule has 0 bridgehead atoms. The van der Waals surface area contributed by atoms with E-state index in [1.807, 2.05) is 20.8 Å². The molecule has 1 fully saturated rings. The van der Waals surface area contributed by atoms with Crippen molar-refractivity contribution in [1.29, 1.82) is 0 Å². The molecule has 5 nitrogen and oxygen atoms in total. The van der Waals surface area contributed by atoms with Crippen molar-refractivity contribution in [2.45, 2.75) is 70.3 Å². The van der Waals surface area contributed by atoms with Gasteiger partial charge in [0.25, 0.3) is 0 Å². The van der Waals surface area contributed by atoms with E-state index in [0.29, 0.717) is 5.92 Å². The van der Waals surface area contributed by atoms with Crippen LogP contribution in [-0.2, 0) is 11.3 Å². The van der Waals surface area contributed by atoms with E-state index in [4.69, 9.17) is 0 Å². The number of carbonyl (C=O) groups excluding carboxylic acids is 1. The predicted octanol–water partition coefficient (Wildman–Crippen LogP) is 4.22. The second-order valence-electron chi connectivity index (χ2n) is 6.88. The molecule has 134 valence electrons. The summed E-state index contributed by atoms with van der Waals surface area (Å²) in [5.41, 5.74) is 4.31. The molecule has 1 aromatic heterocycles. The van der Waals surface area contributed by atoms with Gasteiger partial charge in [-0.25, -0.2) is 0 Å². The fourth-order valence-corrected chi connectivity index (χ4v) is 4.06. The standard InChI is InChI=1S/C19H26N4OS/c1-6-23-17(15-7-8-15)21-22-19(23)25-14(5)18(24)20-16-12(3)9-11(2)10-13(16)4/h9-10,14-15H,6-8H2,1-5H3,(H,20,24)/t14-/m1/s1. The van der Waals surface area contributed by atoms with E-state index in [1.54, 1.807) is 0 Å². The van der Waals surface area contributed by atoms with E-state index < -0.39 is 0 Å². The summed E-state index contributed by atoms with van der Waals surface area (Å²) in [4.78, 5) is 12.7. The second-order valence-corrected chi connectivity index (χ2v) is 8.19. The lowest BCUT2D eigenvalue weighted by atomic mass is 10.1. The molecule has 1 N–H and O–H groups in total. The maximum atomic E-state index is 12.7. The molecule has 0 spiro atoms. The third kappa shape index (κ3) is 3.89. The van der Waals surface area contributed by atoms with Crippen molar-refractivity contribution < 1.29 is 4.79 Å². The Bertz CT molecular complexity index is 772. The van der Waals surface area contributed by atoms with Crippen molar-refractivity contribution in [3.63, 3.8) is 0 Å². The summed E-state index contributed by atoms with van der Waals surface area (Å²) in [7, 11) is 0. The number of hydrogen-bond donors (Lipinski definition) is 1. The normalized spacial score (nSPS) is 15.2. The number of amides is 1. The smallest absolute Gasteiger partial charge is 0.237 e. The number of nitrogens with zero attached hydrogens (tertiary/aromatic N) is 3. The Morgan fingerprint density at radius 2 is 1.92 bits per heavy atom. The third-order valence-electron chi connectivity index (χ3n) is 4.58. The highest BCUT2D eigenvalue weighted by Gasteiger charge is 2.30. The van der Waals surface area contributed by atoms with Crippen molar-refractivity contribution in [3.8, 4) is 0 Å². The lowest BCUT2D eigenvalue weighted by Gasteiger charge is -2.16. The van der Waals surface area contributed by atoms with Crippen LogP contribution in [0.25, 0.3) is 0 Å². The first-order valence-electron chi connectivity index (χ1n) is 8.89. The zero-order chi connectivity index (χ0) is 18.1. The molecule has 25 heavy (non-hydrogen) atoms. The molecule has 1 aromatic carbocycles. The van der Waals surface area contributed by atoms with Gasteiger partial charge in [0.05, 0.1) is 5.25 Å². The van der Waals surface area contributed by atoms with Crippen LogP contribution in [-0.4, -0.2) is 25.9 Å². The molecule has 3 rings (SSSR count). The van der Waals surface area contributed by atoms with E-state index in [9.17, 15) is 4.79 Å². The van der Waals surface area contributed by atoms with Gasteiger partial charge in [0.2, 0.25) is 5.91 Å². The minimum Gasteiger partial charge on any atom is -0.325 e. The number of hydrogen-bond acceptors (Lipinski definition) is 4. The molecule has 0 radical (unpaired) electrons. The largest absolute Gasteiger partial charge is 0.325 e. The molecule has 1 saturated carbocycles. The zero-order valence-electron chi connectivity index (χ0n) is 15.6. The van der Waals surface area contributed by atoms with Crippen LogP contribution in [0.5, 0.6) is 0 Å². The van der Waals surface area contributed by atoms with Gasteiger partial charge in [-0.3, -0.25) is 4.79 Å². The Balaban J connectivity index is 1.71. The monoisotopic (exact) mass is 358 g/mol. The molecule has 0 unspecified atom stereocenters. The molecule has 1 aliphatic rings. The quantitative estimate of drug-likeness (QED) is 0.786. The van der Waals surface area contributed by atoms with Crippen LogP contribution in [0.4, 0.5) is 5.69 Å². The first-order valence-corrected chi connectivity index (χ1v) is 9.77. The number of rotatable bonds is 6. The molecule has 1 heterocycles. The van der Waals surface area contributed by atoms with Gasteiger partial charge in [-0.1, -0.05) is 29.5 Å². The molecule has 6 heteroatoms.